The fraction of sp³-hybridized carbons (Fsp3) is 1.00. The topological polar surface area (TPSA) is 123 Å². The summed E-state index contributed by atoms with van der Waals surface area (Å²) in [6.45, 7) is 3.84. The molecule has 0 amide bonds. The Morgan fingerprint density at radius 2 is 0.821 bits per heavy atom. The van der Waals surface area contributed by atoms with Crippen molar-refractivity contribution in [2.24, 2.45) is 0 Å². The van der Waals surface area contributed by atoms with Crippen LogP contribution in [0.5, 0.6) is 0 Å². The van der Waals surface area contributed by atoms with Gasteiger partial charge < -0.3 is 20.4 Å². The minimum Gasteiger partial charge on any atom is -0.396 e. The predicted octanol–water partition coefficient (Wildman–Crippen LogP) is 1.29. The predicted molar refractivity (Wildman–Crippen MR) is 108 cm³/mol. The first kappa shape index (κ1) is 27.8. The Morgan fingerprint density at radius 1 is 0.536 bits per heavy atom. The summed E-state index contributed by atoms with van der Waals surface area (Å²) >= 11 is 0. The van der Waals surface area contributed by atoms with E-state index in [1.54, 1.807) is 0 Å². The molecule has 0 saturated heterocycles. The first-order valence-corrected chi connectivity index (χ1v) is 11.4. The van der Waals surface area contributed by atoms with Crippen LogP contribution in [0.15, 0.2) is 0 Å². The number of rotatable bonds is 22. The third-order valence-electron chi connectivity index (χ3n) is 4.22. The Hall–Kier alpha value is -0.220. The number of nitrogens with zero attached hydrogens (tertiary/aromatic N) is 2. The lowest BCUT2D eigenvalue weighted by atomic mass is 10.2. The average molecular weight is 427 g/mol. The molecule has 0 aromatic heterocycles. The lowest BCUT2D eigenvalue weighted by molar-refractivity contribution is 0.0749. The molecule has 28 heavy (non-hydrogen) atoms. The zero-order valence-electron chi connectivity index (χ0n) is 17.1. The van der Waals surface area contributed by atoms with Crippen LogP contribution in [0.1, 0.15) is 51.4 Å². The molecule has 0 bridgehead atoms. The molecule has 0 aliphatic heterocycles. The van der Waals surface area contributed by atoms with Crippen LogP contribution in [0.2, 0.25) is 0 Å². The van der Waals surface area contributed by atoms with Gasteiger partial charge in [0.25, 0.3) is 0 Å². The van der Waals surface area contributed by atoms with Gasteiger partial charge in [-0.05, 0) is 51.4 Å². The SMILES string of the molecule is O=[P+](OCN(CCCCO)CCCCO)OCN(CCCCO)CCCCO. The summed E-state index contributed by atoms with van der Waals surface area (Å²) in [4.78, 5) is 4.00. The second kappa shape index (κ2) is 21.5. The maximum atomic E-state index is 12.1. The van der Waals surface area contributed by atoms with E-state index < -0.39 is 8.25 Å². The number of hydrogen-bond acceptors (Lipinski definition) is 9. The van der Waals surface area contributed by atoms with Crippen LogP contribution < -0.4 is 0 Å². The fourth-order valence-electron chi connectivity index (χ4n) is 2.57. The largest absolute Gasteiger partial charge is 0.700 e. The molecular formula is C18H40N2O7P+. The number of aliphatic hydroxyl groups is 4. The van der Waals surface area contributed by atoms with E-state index in [4.69, 9.17) is 29.5 Å². The molecule has 168 valence electrons. The highest BCUT2D eigenvalue weighted by molar-refractivity contribution is 7.33. The van der Waals surface area contributed by atoms with Gasteiger partial charge in [0.15, 0.2) is 13.5 Å². The van der Waals surface area contributed by atoms with Gasteiger partial charge in [-0.1, -0.05) is 0 Å². The minimum atomic E-state index is -2.25. The first-order chi connectivity index (χ1) is 13.7. The summed E-state index contributed by atoms with van der Waals surface area (Å²) in [7, 11) is -2.25. The molecule has 0 fully saturated rings. The van der Waals surface area contributed by atoms with E-state index in [-0.39, 0.29) is 39.9 Å². The van der Waals surface area contributed by atoms with E-state index in [9.17, 15) is 4.57 Å². The molecule has 0 radical (unpaired) electrons. The summed E-state index contributed by atoms with van der Waals surface area (Å²) < 4.78 is 22.8. The molecule has 0 aliphatic carbocycles. The molecule has 0 aromatic rings. The Labute approximate surface area is 170 Å². The molecular weight excluding hydrogens is 387 g/mol. The average Bonchev–Trinajstić information content (AvgIpc) is 2.70. The second-order valence-corrected chi connectivity index (χ2v) is 7.66. The van der Waals surface area contributed by atoms with Crippen LogP contribution in [0.3, 0.4) is 0 Å². The van der Waals surface area contributed by atoms with Crippen molar-refractivity contribution in [2.45, 2.75) is 51.4 Å². The molecule has 0 unspecified atom stereocenters. The number of hydrogen-bond donors (Lipinski definition) is 4. The summed E-state index contributed by atoms with van der Waals surface area (Å²) in [5.74, 6) is 0. The molecule has 9 nitrogen and oxygen atoms in total. The van der Waals surface area contributed by atoms with Gasteiger partial charge in [-0.25, -0.2) is 0 Å². The fourth-order valence-corrected chi connectivity index (χ4v) is 3.16. The maximum absolute atomic E-state index is 12.1. The summed E-state index contributed by atoms with van der Waals surface area (Å²) in [6, 6.07) is 0. The summed E-state index contributed by atoms with van der Waals surface area (Å²) in [5.41, 5.74) is 0. The van der Waals surface area contributed by atoms with Crippen molar-refractivity contribution in [1.82, 2.24) is 9.80 Å². The minimum absolute atomic E-state index is 0.144. The molecule has 0 saturated carbocycles. The van der Waals surface area contributed by atoms with Crippen LogP contribution in [0.25, 0.3) is 0 Å². The highest BCUT2D eigenvalue weighted by atomic mass is 31.1. The standard InChI is InChI=1S/C18H40N2O7P/c21-13-5-1-9-19(10-2-6-14-22)17-26-28(25)27-18-20(11-3-7-15-23)12-4-8-16-24/h21-24H,1-18H2/q+1. The third-order valence-corrected chi connectivity index (χ3v) is 4.87. The van der Waals surface area contributed by atoms with Gasteiger partial charge in [-0.15, -0.1) is 9.05 Å². The molecule has 0 aromatic carbocycles. The van der Waals surface area contributed by atoms with E-state index in [0.29, 0.717) is 25.7 Å². The van der Waals surface area contributed by atoms with Crippen LogP contribution in [-0.4, -0.2) is 96.3 Å². The zero-order valence-corrected chi connectivity index (χ0v) is 18.0. The molecule has 0 atom stereocenters. The lowest BCUT2D eigenvalue weighted by Gasteiger charge is -2.20. The number of aliphatic hydroxyl groups excluding tert-OH is 4. The van der Waals surface area contributed by atoms with Crippen molar-refractivity contribution in [3.05, 3.63) is 0 Å². The van der Waals surface area contributed by atoms with Crippen molar-refractivity contribution in [1.29, 1.82) is 0 Å². The van der Waals surface area contributed by atoms with Gasteiger partial charge >= 0.3 is 8.25 Å². The lowest BCUT2D eigenvalue weighted by Crippen LogP contribution is -2.29. The number of unbranched alkanes of at least 4 members (excludes halogenated alkanes) is 4. The molecule has 0 aliphatic rings. The van der Waals surface area contributed by atoms with Crippen molar-refractivity contribution in [3.63, 3.8) is 0 Å². The van der Waals surface area contributed by atoms with Crippen LogP contribution in [-0.2, 0) is 13.6 Å². The molecule has 0 heterocycles. The van der Waals surface area contributed by atoms with Gasteiger partial charge in [0.1, 0.15) is 0 Å². The maximum Gasteiger partial charge on any atom is 0.700 e. The van der Waals surface area contributed by atoms with Gasteiger partial charge in [0, 0.05) is 57.2 Å². The summed E-state index contributed by atoms with van der Waals surface area (Å²) in [5, 5.41) is 35.6. The Morgan fingerprint density at radius 3 is 1.07 bits per heavy atom. The van der Waals surface area contributed by atoms with Gasteiger partial charge in [-0.2, -0.15) is 0 Å². The summed E-state index contributed by atoms with van der Waals surface area (Å²) in [6.07, 6.45) is 6.09. The van der Waals surface area contributed by atoms with E-state index >= 15 is 0 Å². The molecule has 0 spiro atoms. The van der Waals surface area contributed by atoms with Crippen molar-refractivity contribution in [3.8, 4) is 0 Å². The monoisotopic (exact) mass is 427 g/mol. The van der Waals surface area contributed by atoms with Crippen LogP contribution in [0.4, 0.5) is 0 Å². The molecule has 0 rings (SSSR count). The van der Waals surface area contributed by atoms with Crippen molar-refractivity contribution in [2.75, 3.05) is 66.1 Å². The van der Waals surface area contributed by atoms with Crippen molar-refractivity contribution >= 4 is 8.25 Å². The highest BCUT2D eigenvalue weighted by Crippen LogP contribution is 2.24. The quantitative estimate of drug-likeness (QED) is 0.115. The smallest absolute Gasteiger partial charge is 0.396 e. The van der Waals surface area contributed by atoms with Crippen LogP contribution >= 0.6 is 8.25 Å². The molecule has 10 heteroatoms. The van der Waals surface area contributed by atoms with Gasteiger partial charge in [-0.3, -0.25) is 9.80 Å². The van der Waals surface area contributed by atoms with Crippen LogP contribution in [0, 0.1) is 0 Å². The second-order valence-electron chi connectivity index (χ2n) is 6.70. The Kier molecular flexibility index (Phi) is 21.3. The van der Waals surface area contributed by atoms with Gasteiger partial charge in [0.2, 0.25) is 0 Å². The molecule has 4 N–H and O–H groups in total. The Bertz CT molecular complexity index is 304. The highest BCUT2D eigenvalue weighted by Gasteiger charge is 2.23. The normalized spacial score (nSPS) is 11.6. The van der Waals surface area contributed by atoms with E-state index in [0.717, 1.165) is 51.9 Å². The zero-order chi connectivity index (χ0) is 20.9. The van der Waals surface area contributed by atoms with Gasteiger partial charge in [0.05, 0.1) is 0 Å². The van der Waals surface area contributed by atoms with E-state index in [2.05, 4.69) is 0 Å². The third kappa shape index (κ3) is 17.8. The Balaban J connectivity index is 4.21. The van der Waals surface area contributed by atoms with E-state index in [1.165, 1.54) is 0 Å². The van der Waals surface area contributed by atoms with Crippen molar-refractivity contribution < 1.29 is 34.0 Å². The first-order valence-electron chi connectivity index (χ1n) is 10.3. The van der Waals surface area contributed by atoms with E-state index in [1.807, 2.05) is 9.80 Å².